The largest absolute Gasteiger partial charge is 0.506 e. The third-order valence-electron chi connectivity index (χ3n) is 3.41. The molecular formula is C18H15NO2. The van der Waals surface area contributed by atoms with Gasteiger partial charge in [-0.25, -0.2) is 0 Å². The molecular weight excluding hydrogens is 262 g/mol. The van der Waals surface area contributed by atoms with Gasteiger partial charge in [-0.15, -0.1) is 0 Å². The second-order valence-corrected chi connectivity index (χ2v) is 4.88. The summed E-state index contributed by atoms with van der Waals surface area (Å²) in [6.07, 6.45) is 0.273. The van der Waals surface area contributed by atoms with Crippen LogP contribution in [-0.4, -0.2) is 11.0 Å². The number of para-hydroxylation sites is 2. The van der Waals surface area contributed by atoms with Gasteiger partial charge in [-0.2, -0.15) is 0 Å². The highest BCUT2D eigenvalue weighted by Crippen LogP contribution is 2.23. The molecule has 0 aliphatic heterocycles. The maximum Gasteiger partial charge on any atom is 0.228 e. The summed E-state index contributed by atoms with van der Waals surface area (Å²) >= 11 is 0. The van der Waals surface area contributed by atoms with Crippen molar-refractivity contribution < 1.29 is 9.90 Å². The van der Waals surface area contributed by atoms with Crippen LogP contribution in [0.25, 0.3) is 10.8 Å². The van der Waals surface area contributed by atoms with Crippen molar-refractivity contribution in [1.29, 1.82) is 0 Å². The lowest BCUT2D eigenvalue weighted by atomic mass is 10.0. The van der Waals surface area contributed by atoms with E-state index in [1.54, 1.807) is 24.3 Å². The Hall–Kier alpha value is -2.81. The molecule has 0 spiro atoms. The fourth-order valence-electron chi connectivity index (χ4n) is 2.39. The summed E-state index contributed by atoms with van der Waals surface area (Å²) in [4.78, 5) is 12.2. The quantitative estimate of drug-likeness (QED) is 0.717. The highest BCUT2D eigenvalue weighted by atomic mass is 16.3. The molecule has 0 unspecified atom stereocenters. The molecule has 0 atom stereocenters. The minimum atomic E-state index is -0.146. The molecule has 0 saturated heterocycles. The summed E-state index contributed by atoms with van der Waals surface area (Å²) in [6.45, 7) is 0. The van der Waals surface area contributed by atoms with Crippen LogP contribution in [0.4, 0.5) is 5.69 Å². The Bertz CT molecular complexity index is 791. The summed E-state index contributed by atoms with van der Waals surface area (Å²) in [6, 6.07) is 20.6. The Morgan fingerprint density at radius 1 is 0.905 bits per heavy atom. The summed E-state index contributed by atoms with van der Waals surface area (Å²) in [5, 5.41) is 14.6. The third-order valence-corrected chi connectivity index (χ3v) is 3.41. The number of aromatic hydroxyl groups is 1. The molecule has 3 heteroatoms. The van der Waals surface area contributed by atoms with E-state index in [2.05, 4.69) is 5.32 Å². The van der Waals surface area contributed by atoms with E-state index in [0.29, 0.717) is 5.69 Å². The Balaban J connectivity index is 1.82. The Kier molecular flexibility index (Phi) is 3.56. The number of rotatable bonds is 3. The molecule has 3 aromatic rings. The number of nitrogens with one attached hydrogen (secondary N) is 1. The average Bonchev–Trinajstić information content (AvgIpc) is 2.50. The van der Waals surface area contributed by atoms with Crippen molar-refractivity contribution in [2.45, 2.75) is 6.42 Å². The van der Waals surface area contributed by atoms with Crippen molar-refractivity contribution in [1.82, 2.24) is 0 Å². The van der Waals surface area contributed by atoms with E-state index in [1.165, 1.54) is 0 Å². The summed E-state index contributed by atoms with van der Waals surface area (Å²) < 4.78 is 0. The second kappa shape index (κ2) is 5.67. The minimum absolute atomic E-state index is 0.0729. The number of hydrogen-bond donors (Lipinski definition) is 2. The van der Waals surface area contributed by atoms with E-state index in [0.717, 1.165) is 16.3 Å². The Morgan fingerprint density at radius 2 is 1.62 bits per heavy atom. The molecule has 0 bridgehead atoms. The minimum Gasteiger partial charge on any atom is -0.506 e. The van der Waals surface area contributed by atoms with Crippen LogP contribution in [0.2, 0.25) is 0 Å². The van der Waals surface area contributed by atoms with Crippen molar-refractivity contribution in [3.05, 3.63) is 72.3 Å². The number of amides is 1. The number of fused-ring (bicyclic) bond motifs is 1. The highest BCUT2D eigenvalue weighted by Gasteiger charge is 2.09. The number of phenolic OH excluding ortho intramolecular Hbond substituents is 1. The normalized spacial score (nSPS) is 10.5. The lowest BCUT2D eigenvalue weighted by Gasteiger charge is -2.09. The zero-order chi connectivity index (χ0) is 14.7. The van der Waals surface area contributed by atoms with Crippen LogP contribution in [0.3, 0.4) is 0 Å². The SMILES string of the molecule is O=C(Cc1cccc2ccccc12)Nc1ccccc1O. The van der Waals surface area contributed by atoms with Crippen molar-refractivity contribution >= 4 is 22.4 Å². The first-order valence-corrected chi connectivity index (χ1v) is 6.78. The van der Waals surface area contributed by atoms with E-state index in [1.807, 2.05) is 42.5 Å². The van der Waals surface area contributed by atoms with Crippen LogP contribution < -0.4 is 5.32 Å². The average molecular weight is 277 g/mol. The van der Waals surface area contributed by atoms with Gasteiger partial charge in [0.25, 0.3) is 0 Å². The number of anilines is 1. The van der Waals surface area contributed by atoms with Crippen LogP contribution in [-0.2, 0) is 11.2 Å². The van der Waals surface area contributed by atoms with Crippen molar-refractivity contribution in [2.75, 3.05) is 5.32 Å². The van der Waals surface area contributed by atoms with Crippen LogP contribution in [0.5, 0.6) is 5.75 Å². The maximum atomic E-state index is 12.2. The Labute approximate surface area is 122 Å². The molecule has 3 rings (SSSR count). The maximum absolute atomic E-state index is 12.2. The van der Waals surface area contributed by atoms with E-state index >= 15 is 0 Å². The molecule has 0 saturated carbocycles. The lowest BCUT2D eigenvalue weighted by molar-refractivity contribution is -0.115. The first-order valence-electron chi connectivity index (χ1n) is 6.78. The van der Waals surface area contributed by atoms with Gasteiger partial charge >= 0.3 is 0 Å². The molecule has 21 heavy (non-hydrogen) atoms. The van der Waals surface area contributed by atoms with E-state index in [4.69, 9.17) is 0 Å². The van der Waals surface area contributed by atoms with E-state index in [-0.39, 0.29) is 18.1 Å². The molecule has 0 radical (unpaired) electrons. The van der Waals surface area contributed by atoms with E-state index in [9.17, 15) is 9.90 Å². The fraction of sp³-hybridized carbons (Fsp3) is 0.0556. The smallest absolute Gasteiger partial charge is 0.228 e. The third kappa shape index (κ3) is 2.87. The van der Waals surface area contributed by atoms with Gasteiger partial charge in [0.15, 0.2) is 0 Å². The zero-order valence-corrected chi connectivity index (χ0v) is 11.4. The molecule has 0 fully saturated rings. The fourth-order valence-corrected chi connectivity index (χ4v) is 2.39. The van der Waals surface area contributed by atoms with Gasteiger partial charge in [0, 0.05) is 0 Å². The van der Waals surface area contributed by atoms with Gasteiger partial charge < -0.3 is 10.4 Å². The van der Waals surface area contributed by atoms with Gasteiger partial charge in [0.2, 0.25) is 5.91 Å². The molecule has 1 amide bonds. The van der Waals surface area contributed by atoms with Gasteiger partial charge in [-0.1, -0.05) is 54.6 Å². The number of carbonyl (C=O) groups excluding carboxylic acids is 1. The summed E-state index contributed by atoms with van der Waals surface area (Å²) in [5.41, 5.74) is 1.41. The van der Waals surface area contributed by atoms with Crippen molar-refractivity contribution in [2.24, 2.45) is 0 Å². The number of hydrogen-bond acceptors (Lipinski definition) is 2. The van der Waals surface area contributed by atoms with Gasteiger partial charge in [-0.3, -0.25) is 4.79 Å². The van der Waals surface area contributed by atoms with Crippen LogP contribution in [0, 0.1) is 0 Å². The summed E-state index contributed by atoms with van der Waals surface area (Å²) in [7, 11) is 0. The van der Waals surface area contributed by atoms with Crippen LogP contribution >= 0.6 is 0 Å². The topological polar surface area (TPSA) is 49.3 Å². The molecule has 3 aromatic carbocycles. The standard InChI is InChI=1S/C18H15NO2/c20-17-11-4-3-10-16(17)19-18(21)12-14-8-5-7-13-6-1-2-9-15(13)14/h1-11,20H,12H2,(H,19,21). The predicted molar refractivity (Wildman–Crippen MR) is 84.4 cm³/mol. The van der Waals surface area contributed by atoms with Gasteiger partial charge in [0.1, 0.15) is 5.75 Å². The van der Waals surface area contributed by atoms with E-state index < -0.39 is 0 Å². The van der Waals surface area contributed by atoms with Gasteiger partial charge in [-0.05, 0) is 28.5 Å². The summed E-state index contributed by atoms with van der Waals surface area (Å²) in [5.74, 6) is -0.0726. The monoisotopic (exact) mass is 277 g/mol. The molecule has 0 heterocycles. The predicted octanol–water partition coefficient (Wildman–Crippen LogP) is 3.73. The molecule has 0 aromatic heterocycles. The van der Waals surface area contributed by atoms with Crippen molar-refractivity contribution in [3.63, 3.8) is 0 Å². The first-order chi connectivity index (χ1) is 10.2. The molecule has 104 valence electrons. The van der Waals surface area contributed by atoms with Crippen molar-refractivity contribution in [3.8, 4) is 5.75 Å². The number of phenols is 1. The highest BCUT2D eigenvalue weighted by molar-refractivity contribution is 5.97. The molecule has 0 aliphatic rings. The molecule has 3 nitrogen and oxygen atoms in total. The second-order valence-electron chi connectivity index (χ2n) is 4.88. The number of benzene rings is 3. The molecule has 0 aliphatic carbocycles. The number of carbonyl (C=O) groups is 1. The van der Waals surface area contributed by atoms with Gasteiger partial charge in [0.05, 0.1) is 12.1 Å². The Morgan fingerprint density at radius 3 is 2.48 bits per heavy atom. The first kappa shape index (κ1) is 13.2. The van der Waals surface area contributed by atoms with Crippen LogP contribution in [0.15, 0.2) is 66.7 Å². The molecule has 2 N–H and O–H groups in total. The van der Waals surface area contributed by atoms with Crippen LogP contribution in [0.1, 0.15) is 5.56 Å². The zero-order valence-electron chi connectivity index (χ0n) is 11.4. The lowest BCUT2D eigenvalue weighted by Crippen LogP contribution is -2.14.